The zero-order valence-electron chi connectivity index (χ0n) is 13.1. The van der Waals surface area contributed by atoms with E-state index < -0.39 is 34.2 Å². The molecule has 7 nitrogen and oxygen atoms in total. The van der Waals surface area contributed by atoms with Crippen molar-refractivity contribution in [3.63, 3.8) is 0 Å². The molecule has 142 valence electrons. The lowest BCUT2D eigenvalue weighted by atomic mass is 10.1. The molecule has 0 spiro atoms. The summed E-state index contributed by atoms with van der Waals surface area (Å²) in [5, 5.41) is 50.3. The maximum absolute atomic E-state index is 12.8. The van der Waals surface area contributed by atoms with Crippen LogP contribution in [0.4, 0.5) is 0 Å². The first-order chi connectivity index (χ1) is 12.5. The van der Waals surface area contributed by atoms with Crippen LogP contribution in [0, 0.1) is 6.92 Å². The first-order valence-electron chi connectivity index (χ1n) is 6.99. The van der Waals surface area contributed by atoms with Gasteiger partial charge < -0.3 is 29.9 Å². The maximum atomic E-state index is 12.8. The molecule has 2 aromatic carbocycles. The Morgan fingerprint density at radius 1 is 0.704 bits per heavy atom. The molecule has 0 radical (unpaired) electrons. The number of phenols is 4. The van der Waals surface area contributed by atoms with E-state index in [0.29, 0.717) is 5.56 Å². The second kappa shape index (κ2) is 6.87. The normalized spacial score (nSPS) is 11.3. The molecule has 0 amide bonds. The third-order valence-corrected chi connectivity index (χ3v) is 7.19. The van der Waals surface area contributed by atoms with E-state index >= 15 is 0 Å². The van der Waals surface area contributed by atoms with Gasteiger partial charge in [0.1, 0.15) is 10.2 Å². The van der Waals surface area contributed by atoms with Gasteiger partial charge in [-0.25, -0.2) is 0 Å². The van der Waals surface area contributed by atoms with Gasteiger partial charge in [-0.2, -0.15) is 0 Å². The molecule has 27 heavy (non-hydrogen) atoms. The van der Waals surface area contributed by atoms with Gasteiger partial charge in [-0.1, -0.05) is 0 Å². The summed E-state index contributed by atoms with van der Waals surface area (Å²) < 4.78 is 5.71. The number of aryl methyl sites for hydroxylation is 1. The minimum absolute atomic E-state index is 0.0206. The summed E-state index contributed by atoms with van der Waals surface area (Å²) in [5.41, 5.74) is -0.630. The predicted octanol–water partition coefficient (Wildman–Crippen LogP) is 5.35. The van der Waals surface area contributed by atoms with Gasteiger partial charge in [0.15, 0.2) is 22.8 Å². The fourth-order valence-electron chi connectivity index (χ4n) is 2.53. The molecule has 3 rings (SSSR count). The second-order valence-electron chi connectivity index (χ2n) is 5.46. The minimum atomic E-state index is -0.807. The molecule has 0 fully saturated rings. The quantitative estimate of drug-likeness (QED) is 0.229. The average molecular weight is 632 g/mol. The zero-order valence-corrected chi connectivity index (χ0v) is 19.4. The Labute approximate surface area is 184 Å². The standard InChI is InChI=1S/C16H8Br4O7/c1-2-3-9(21)14(26)16(27-15(3)8(20)10(22)5(2)17)4-6(18)11(23)13(25)12(24)7(4)19/h22-26H,1H3. The third-order valence-electron chi connectivity index (χ3n) is 3.94. The van der Waals surface area contributed by atoms with Crippen molar-refractivity contribution < 1.29 is 29.9 Å². The Morgan fingerprint density at radius 2 is 1.22 bits per heavy atom. The number of benzene rings is 2. The highest BCUT2D eigenvalue weighted by atomic mass is 79.9. The first kappa shape index (κ1) is 20.3. The van der Waals surface area contributed by atoms with Crippen molar-refractivity contribution in [1.29, 1.82) is 0 Å². The fourth-order valence-corrected chi connectivity index (χ4v) is 5.07. The molecule has 0 saturated heterocycles. The lowest BCUT2D eigenvalue weighted by Crippen LogP contribution is -2.06. The van der Waals surface area contributed by atoms with Crippen LogP contribution in [0.1, 0.15) is 5.56 Å². The van der Waals surface area contributed by atoms with E-state index in [-0.39, 0.29) is 40.2 Å². The summed E-state index contributed by atoms with van der Waals surface area (Å²) in [6.07, 6.45) is 0. The van der Waals surface area contributed by atoms with E-state index in [1.54, 1.807) is 6.92 Å². The van der Waals surface area contributed by atoms with Crippen molar-refractivity contribution in [1.82, 2.24) is 0 Å². The van der Waals surface area contributed by atoms with Crippen molar-refractivity contribution in [2.24, 2.45) is 0 Å². The van der Waals surface area contributed by atoms with Gasteiger partial charge in [0.2, 0.25) is 16.9 Å². The fraction of sp³-hybridized carbons (Fsp3) is 0.0625. The molecule has 0 atom stereocenters. The van der Waals surface area contributed by atoms with Crippen molar-refractivity contribution in [3.05, 3.63) is 33.7 Å². The van der Waals surface area contributed by atoms with Crippen molar-refractivity contribution in [3.8, 4) is 40.1 Å². The van der Waals surface area contributed by atoms with Gasteiger partial charge >= 0.3 is 0 Å². The number of rotatable bonds is 1. The van der Waals surface area contributed by atoms with Crippen LogP contribution in [-0.2, 0) is 0 Å². The van der Waals surface area contributed by atoms with Crippen molar-refractivity contribution in [2.45, 2.75) is 6.92 Å². The number of fused-ring (bicyclic) bond motifs is 1. The molecule has 1 aromatic heterocycles. The van der Waals surface area contributed by atoms with Gasteiger partial charge in [0.25, 0.3) is 0 Å². The number of phenolic OH excluding ortho intramolecular Hbond substituents is 4. The number of hydrogen-bond acceptors (Lipinski definition) is 7. The monoisotopic (exact) mass is 628 g/mol. The Morgan fingerprint density at radius 3 is 1.74 bits per heavy atom. The van der Waals surface area contributed by atoms with E-state index in [9.17, 15) is 30.3 Å². The van der Waals surface area contributed by atoms with Crippen LogP contribution < -0.4 is 5.43 Å². The number of hydrogen-bond donors (Lipinski definition) is 5. The molecular weight excluding hydrogens is 624 g/mol. The smallest absolute Gasteiger partial charge is 0.235 e. The van der Waals surface area contributed by atoms with Crippen molar-refractivity contribution >= 4 is 74.7 Å². The van der Waals surface area contributed by atoms with Crippen LogP contribution in [0.3, 0.4) is 0 Å². The molecule has 11 heteroatoms. The van der Waals surface area contributed by atoms with Crippen LogP contribution in [-0.4, -0.2) is 25.5 Å². The van der Waals surface area contributed by atoms with E-state index in [1.165, 1.54) is 0 Å². The van der Waals surface area contributed by atoms with Gasteiger partial charge in [-0.3, -0.25) is 4.79 Å². The summed E-state index contributed by atoms with van der Waals surface area (Å²) in [5.74, 6) is -3.66. The molecule has 1 heterocycles. The summed E-state index contributed by atoms with van der Waals surface area (Å²) in [6.45, 7) is 1.55. The average Bonchev–Trinajstić information content (AvgIpc) is 2.64. The third kappa shape index (κ3) is 2.82. The first-order valence-corrected chi connectivity index (χ1v) is 10.2. The van der Waals surface area contributed by atoms with Crippen LogP contribution in [0.25, 0.3) is 22.3 Å². The molecule has 0 unspecified atom stereocenters. The van der Waals surface area contributed by atoms with Crippen LogP contribution in [0.5, 0.6) is 28.7 Å². The topological polar surface area (TPSA) is 131 Å². The highest BCUT2D eigenvalue weighted by molar-refractivity contribution is 9.11. The van der Waals surface area contributed by atoms with E-state index in [2.05, 4.69) is 63.7 Å². The number of halogens is 4. The Bertz CT molecular complexity index is 1170. The molecule has 3 aromatic rings. The predicted molar refractivity (Wildman–Crippen MR) is 112 cm³/mol. The van der Waals surface area contributed by atoms with Gasteiger partial charge in [0.05, 0.1) is 24.4 Å². The van der Waals surface area contributed by atoms with E-state index in [1.807, 2.05) is 0 Å². The molecule has 5 N–H and O–H groups in total. The summed E-state index contributed by atoms with van der Waals surface area (Å²) in [4.78, 5) is 12.8. The summed E-state index contributed by atoms with van der Waals surface area (Å²) in [6, 6.07) is 0. The minimum Gasteiger partial charge on any atom is -0.505 e. The highest BCUT2D eigenvalue weighted by Gasteiger charge is 2.29. The molecule has 0 aliphatic rings. The van der Waals surface area contributed by atoms with Crippen LogP contribution >= 0.6 is 63.7 Å². The largest absolute Gasteiger partial charge is 0.505 e. The van der Waals surface area contributed by atoms with Gasteiger partial charge in [-0.05, 0) is 76.2 Å². The maximum Gasteiger partial charge on any atom is 0.235 e. The van der Waals surface area contributed by atoms with Crippen LogP contribution in [0.15, 0.2) is 27.1 Å². The zero-order chi connectivity index (χ0) is 20.4. The second-order valence-corrected chi connectivity index (χ2v) is 8.64. The Kier molecular flexibility index (Phi) is 5.17. The molecule has 0 aliphatic heterocycles. The Balaban J connectivity index is 2.57. The SMILES string of the molecule is Cc1c(Br)c(O)c(Br)c2oc(-c3c(Br)c(O)c(O)c(O)c3Br)c(O)c(=O)c12. The molecule has 0 bridgehead atoms. The molecule has 0 aliphatic carbocycles. The molecule has 0 saturated carbocycles. The lowest BCUT2D eigenvalue weighted by molar-refractivity contribution is 0.364. The Hall–Kier alpha value is -1.43. The summed E-state index contributed by atoms with van der Waals surface area (Å²) in [7, 11) is 0. The van der Waals surface area contributed by atoms with Crippen LogP contribution in [0.2, 0.25) is 0 Å². The number of aromatic hydroxyl groups is 5. The van der Waals surface area contributed by atoms with Gasteiger partial charge in [-0.15, -0.1) is 0 Å². The molecular formula is C16H8Br4O7. The van der Waals surface area contributed by atoms with Gasteiger partial charge in [0, 0.05) is 0 Å². The van der Waals surface area contributed by atoms with E-state index in [4.69, 9.17) is 4.42 Å². The summed E-state index contributed by atoms with van der Waals surface area (Å²) >= 11 is 12.4. The lowest BCUT2D eigenvalue weighted by Gasteiger charge is -2.15. The highest BCUT2D eigenvalue weighted by Crippen LogP contribution is 2.54. The van der Waals surface area contributed by atoms with Crippen molar-refractivity contribution in [2.75, 3.05) is 0 Å². The van der Waals surface area contributed by atoms with E-state index in [0.717, 1.165) is 0 Å².